The lowest BCUT2D eigenvalue weighted by Crippen LogP contribution is -2.36. The zero-order valence-corrected chi connectivity index (χ0v) is 28.1. The molecule has 1 aliphatic heterocycles. The van der Waals surface area contributed by atoms with Crippen molar-refractivity contribution in [3.63, 3.8) is 0 Å². The fourth-order valence-electron chi connectivity index (χ4n) is 5.97. The van der Waals surface area contributed by atoms with Crippen LogP contribution in [0.15, 0.2) is 42.6 Å². The molecule has 3 rings (SSSR count). The number of amides is 1. The number of pyridine rings is 1. The molecule has 6 heteroatoms. The first-order valence-electron chi connectivity index (χ1n) is 17.8. The van der Waals surface area contributed by atoms with Crippen molar-refractivity contribution in [2.75, 3.05) is 26.4 Å². The topological polar surface area (TPSA) is 51.4 Å². The van der Waals surface area contributed by atoms with Crippen LogP contribution in [0.1, 0.15) is 129 Å². The Morgan fingerprint density at radius 3 is 2.02 bits per heavy atom. The normalized spacial score (nSPS) is 16.3. The van der Waals surface area contributed by atoms with Crippen molar-refractivity contribution in [2.24, 2.45) is 0 Å². The summed E-state index contributed by atoms with van der Waals surface area (Å²) in [4.78, 5) is 12.0. The van der Waals surface area contributed by atoms with Gasteiger partial charge in [-0.3, -0.25) is 0 Å². The summed E-state index contributed by atoms with van der Waals surface area (Å²) in [7, 11) is 0. The number of carbonyl (C=O) groups is 1. The minimum Gasteiger partial charge on any atom is -0.448 e. The smallest absolute Gasteiger partial charge is 0.407 e. The Bertz CT molecular complexity index is 976. The van der Waals surface area contributed by atoms with Gasteiger partial charge in [-0.05, 0) is 31.4 Å². The molecule has 1 amide bonds. The lowest BCUT2D eigenvalue weighted by molar-refractivity contribution is -0.671. The highest BCUT2D eigenvalue weighted by molar-refractivity contribution is 8.01. The van der Waals surface area contributed by atoms with Gasteiger partial charge in [-0.15, -0.1) is 11.8 Å². The minimum atomic E-state index is -0.259. The molecule has 1 aromatic heterocycles. The summed E-state index contributed by atoms with van der Waals surface area (Å²) in [5.74, 6) is 0. The Kier molecular flexibility index (Phi) is 19.6. The summed E-state index contributed by atoms with van der Waals surface area (Å²) in [6, 6.07) is 12.8. The van der Waals surface area contributed by atoms with E-state index in [1.54, 1.807) is 0 Å². The molecule has 0 saturated carbocycles. The highest BCUT2D eigenvalue weighted by Gasteiger charge is 2.31. The quantitative estimate of drug-likeness (QED) is 0.0848. The highest BCUT2D eigenvalue weighted by atomic mass is 32.2. The number of fused-ring (bicyclic) bond motifs is 1. The number of aryl methyl sites for hydroxylation is 1. The number of nitrogens with zero attached hydrogens (tertiary/aromatic N) is 1. The van der Waals surface area contributed by atoms with Gasteiger partial charge in [-0.1, -0.05) is 115 Å². The maximum atomic E-state index is 12.0. The number of benzene rings is 1. The Morgan fingerprint density at radius 2 is 1.35 bits per heavy atom. The summed E-state index contributed by atoms with van der Waals surface area (Å²) in [6.07, 6.45) is 27.0. The third-order valence-electron chi connectivity index (χ3n) is 8.64. The number of alkyl carbamates (subject to hydrolysis) is 1. The first kappa shape index (κ1) is 35.7. The molecule has 0 aliphatic carbocycles. The van der Waals surface area contributed by atoms with E-state index in [0.29, 0.717) is 17.1 Å². The fraction of sp³-hybridized carbons (Fsp3) is 0.730. The lowest BCUT2D eigenvalue weighted by atomic mass is 10.0. The predicted octanol–water partition coefficient (Wildman–Crippen LogP) is 9.79. The molecule has 1 aliphatic rings. The number of rotatable bonds is 26. The molecule has 2 heterocycles. The van der Waals surface area contributed by atoms with E-state index < -0.39 is 0 Å². The van der Waals surface area contributed by atoms with E-state index in [-0.39, 0.29) is 6.09 Å². The van der Waals surface area contributed by atoms with Crippen molar-refractivity contribution >= 4 is 28.8 Å². The van der Waals surface area contributed by atoms with Crippen LogP contribution in [0.4, 0.5) is 4.79 Å². The van der Waals surface area contributed by atoms with Crippen LogP contribution in [-0.2, 0) is 16.0 Å². The van der Waals surface area contributed by atoms with E-state index in [1.807, 2.05) is 11.8 Å². The summed E-state index contributed by atoms with van der Waals surface area (Å²) >= 11 is 1.89. The molecule has 1 N–H and O–H groups in total. The van der Waals surface area contributed by atoms with E-state index >= 15 is 0 Å². The first-order valence-corrected chi connectivity index (χ1v) is 18.7. The number of para-hydroxylation sites is 1. The highest BCUT2D eigenvalue weighted by Crippen LogP contribution is 2.36. The number of aromatic nitrogens is 1. The van der Waals surface area contributed by atoms with Crippen LogP contribution in [-0.4, -0.2) is 43.0 Å². The van der Waals surface area contributed by atoms with Gasteiger partial charge < -0.3 is 14.8 Å². The molecule has 5 nitrogen and oxygen atoms in total. The molecular weight excluding hydrogens is 552 g/mol. The molecule has 1 fully saturated rings. The maximum Gasteiger partial charge on any atom is 0.407 e. The van der Waals surface area contributed by atoms with Crippen LogP contribution < -0.4 is 9.88 Å². The zero-order chi connectivity index (χ0) is 30.2. The molecule has 0 radical (unpaired) electrons. The molecule has 2 aromatic rings. The van der Waals surface area contributed by atoms with Crippen LogP contribution in [0.2, 0.25) is 0 Å². The third kappa shape index (κ3) is 16.2. The predicted molar refractivity (Wildman–Crippen MR) is 183 cm³/mol. The molecule has 0 spiro atoms. The Labute approximate surface area is 267 Å². The van der Waals surface area contributed by atoms with Gasteiger partial charge in [-0.2, -0.15) is 4.57 Å². The van der Waals surface area contributed by atoms with E-state index in [2.05, 4.69) is 59.4 Å². The number of hydrogen-bond donors (Lipinski definition) is 1. The second-order valence-corrected chi connectivity index (χ2v) is 14.1. The SMILES string of the molecule is CCCCCCCCCCCCCCCCCCNC(=O)OC[C@H]1C[C@H](COCCCC[n+]2cccc3ccccc32)S1. The molecule has 0 bridgehead atoms. The first-order chi connectivity index (χ1) is 21.3. The molecular formula is C37H61N2O3S+. The average Bonchev–Trinajstić information content (AvgIpc) is 3.00. The Balaban J connectivity index is 1.02. The van der Waals surface area contributed by atoms with Crippen molar-refractivity contribution < 1.29 is 18.8 Å². The van der Waals surface area contributed by atoms with E-state index in [4.69, 9.17) is 9.47 Å². The van der Waals surface area contributed by atoms with Gasteiger partial charge in [0.2, 0.25) is 5.52 Å². The van der Waals surface area contributed by atoms with Gasteiger partial charge in [0, 0.05) is 47.6 Å². The van der Waals surface area contributed by atoms with Crippen LogP contribution in [0.25, 0.3) is 10.9 Å². The molecule has 2 atom stereocenters. The van der Waals surface area contributed by atoms with Gasteiger partial charge in [0.15, 0.2) is 6.20 Å². The second-order valence-electron chi connectivity index (χ2n) is 12.5. The Hall–Kier alpha value is -1.79. The summed E-state index contributed by atoms with van der Waals surface area (Å²) in [5.41, 5.74) is 1.29. The standard InChI is InChI=1S/C37H60N2O3S/c1-2-3-4-5-6-7-8-9-10-11-12-13-14-15-16-19-26-38-37(40)42-32-35-30-34(43-35)31-41-29-21-20-27-39-28-22-24-33-23-17-18-25-36(33)39/h17-18,22-25,28,34-35H,2-16,19-21,26-27,29-32H2,1H3/p+1/t34-,35-/m1/s1. The largest absolute Gasteiger partial charge is 0.448 e. The lowest BCUT2D eigenvalue weighted by Gasteiger charge is -2.34. The summed E-state index contributed by atoms with van der Waals surface area (Å²) < 4.78 is 13.7. The van der Waals surface area contributed by atoms with Gasteiger partial charge in [0.25, 0.3) is 0 Å². The molecule has 242 valence electrons. The van der Waals surface area contributed by atoms with Crippen molar-refractivity contribution in [2.45, 2.75) is 146 Å². The molecule has 0 unspecified atom stereocenters. The zero-order valence-electron chi connectivity index (χ0n) is 27.2. The van der Waals surface area contributed by atoms with Crippen molar-refractivity contribution in [1.29, 1.82) is 0 Å². The summed E-state index contributed by atoms with van der Waals surface area (Å²) in [5, 5.41) is 5.16. The number of hydrogen-bond acceptors (Lipinski definition) is 4. The van der Waals surface area contributed by atoms with Gasteiger partial charge >= 0.3 is 6.09 Å². The van der Waals surface area contributed by atoms with Crippen molar-refractivity contribution in [3.05, 3.63) is 42.6 Å². The molecule has 43 heavy (non-hydrogen) atoms. The molecule has 1 saturated heterocycles. The van der Waals surface area contributed by atoms with Crippen molar-refractivity contribution in [1.82, 2.24) is 5.32 Å². The number of unbranched alkanes of at least 4 members (excludes halogenated alkanes) is 16. The number of carbonyl (C=O) groups excluding carboxylic acids is 1. The van der Waals surface area contributed by atoms with Crippen molar-refractivity contribution in [3.8, 4) is 0 Å². The monoisotopic (exact) mass is 613 g/mol. The maximum absolute atomic E-state index is 12.0. The number of ether oxygens (including phenoxy) is 2. The third-order valence-corrected chi connectivity index (χ3v) is 10.1. The van der Waals surface area contributed by atoms with Crippen LogP contribution >= 0.6 is 11.8 Å². The average molecular weight is 614 g/mol. The van der Waals surface area contributed by atoms with Gasteiger partial charge in [0.1, 0.15) is 13.2 Å². The minimum absolute atomic E-state index is 0.259. The van der Waals surface area contributed by atoms with E-state index in [9.17, 15) is 4.79 Å². The summed E-state index contributed by atoms with van der Waals surface area (Å²) in [6.45, 7) is 6.15. The molecule has 1 aromatic carbocycles. The number of thioether (sulfide) groups is 1. The Morgan fingerprint density at radius 1 is 0.767 bits per heavy atom. The fourth-order valence-corrected chi connectivity index (χ4v) is 7.16. The van der Waals surface area contributed by atoms with Gasteiger partial charge in [-0.25, -0.2) is 4.79 Å². The van der Waals surface area contributed by atoms with Crippen LogP contribution in [0, 0.1) is 0 Å². The van der Waals surface area contributed by atoms with E-state index in [0.717, 1.165) is 52.0 Å². The van der Waals surface area contributed by atoms with Crippen LogP contribution in [0.5, 0.6) is 0 Å². The van der Waals surface area contributed by atoms with Gasteiger partial charge in [0.05, 0.1) is 6.61 Å². The van der Waals surface area contributed by atoms with E-state index in [1.165, 1.54) is 107 Å². The number of nitrogens with one attached hydrogen (secondary N) is 1. The second kappa shape index (κ2) is 23.6. The van der Waals surface area contributed by atoms with Crippen LogP contribution in [0.3, 0.4) is 0 Å².